The molecule has 0 fully saturated rings. The highest BCUT2D eigenvalue weighted by molar-refractivity contribution is 6.33. The maximum Gasteiger partial charge on any atom is 0.294 e. The van der Waals surface area contributed by atoms with E-state index in [1.165, 1.54) is 16.4 Å². The second-order valence-electron chi connectivity index (χ2n) is 7.43. The molecule has 1 heterocycles. The first-order valence-electron chi connectivity index (χ1n) is 10.3. The van der Waals surface area contributed by atoms with Gasteiger partial charge in [0.15, 0.2) is 0 Å². The molecule has 0 aliphatic rings. The van der Waals surface area contributed by atoms with Gasteiger partial charge in [0.25, 0.3) is 5.56 Å². The molecule has 0 saturated heterocycles. The van der Waals surface area contributed by atoms with Crippen molar-refractivity contribution in [2.45, 2.75) is 20.0 Å². The van der Waals surface area contributed by atoms with Crippen LogP contribution in [0.2, 0.25) is 5.02 Å². The number of fused-ring (bicyclic) bond motifs is 1. The molecule has 0 saturated carbocycles. The lowest BCUT2D eigenvalue weighted by Gasteiger charge is -2.21. The average molecular weight is 461 g/mol. The van der Waals surface area contributed by atoms with Gasteiger partial charge in [-0.25, -0.2) is 4.98 Å². The van der Waals surface area contributed by atoms with E-state index in [4.69, 9.17) is 11.6 Å². The molecule has 0 aliphatic carbocycles. The van der Waals surface area contributed by atoms with Crippen molar-refractivity contribution < 1.29 is 9.59 Å². The zero-order valence-electron chi connectivity index (χ0n) is 17.9. The standard InChI is InChI=1S/C25H21ClN4O3/c1-17(31)29(15-18-9-3-2-4-10-18)24-25(33)30(22-14-8-7-13-21(22)28-24)16-23(32)27-20-12-6-5-11-19(20)26/h2-14H,15-16H2,1H3,(H,27,32). The van der Waals surface area contributed by atoms with Crippen molar-refractivity contribution in [2.24, 2.45) is 0 Å². The van der Waals surface area contributed by atoms with Crippen LogP contribution < -0.4 is 15.8 Å². The van der Waals surface area contributed by atoms with E-state index in [2.05, 4.69) is 10.3 Å². The van der Waals surface area contributed by atoms with Crippen LogP contribution in [0.25, 0.3) is 11.0 Å². The van der Waals surface area contributed by atoms with Crippen molar-refractivity contribution in [3.63, 3.8) is 0 Å². The summed E-state index contributed by atoms with van der Waals surface area (Å²) >= 11 is 6.14. The number of hydrogen-bond acceptors (Lipinski definition) is 4. The van der Waals surface area contributed by atoms with E-state index < -0.39 is 11.5 Å². The van der Waals surface area contributed by atoms with Crippen molar-refractivity contribution in [1.29, 1.82) is 0 Å². The van der Waals surface area contributed by atoms with Crippen molar-refractivity contribution in [3.05, 3.63) is 99.8 Å². The Labute approximate surface area is 195 Å². The molecule has 166 valence electrons. The lowest BCUT2D eigenvalue weighted by molar-refractivity contribution is -0.117. The van der Waals surface area contributed by atoms with Crippen LogP contribution in [0, 0.1) is 0 Å². The van der Waals surface area contributed by atoms with Gasteiger partial charge in [-0.1, -0.05) is 66.2 Å². The number of carbonyl (C=O) groups excluding carboxylic acids is 2. The highest BCUT2D eigenvalue weighted by Gasteiger charge is 2.22. The van der Waals surface area contributed by atoms with Gasteiger partial charge in [-0.05, 0) is 29.8 Å². The summed E-state index contributed by atoms with van der Waals surface area (Å²) in [7, 11) is 0. The van der Waals surface area contributed by atoms with Crippen molar-refractivity contribution >= 4 is 46.0 Å². The number of para-hydroxylation sites is 3. The summed E-state index contributed by atoms with van der Waals surface area (Å²) in [6, 6.07) is 23.2. The van der Waals surface area contributed by atoms with Gasteiger partial charge in [0, 0.05) is 6.92 Å². The summed E-state index contributed by atoms with van der Waals surface area (Å²) < 4.78 is 1.32. The molecule has 7 nitrogen and oxygen atoms in total. The number of amides is 2. The molecule has 0 radical (unpaired) electrons. The van der Waals surface area contributed by atoms with Gasteiger partial charge < -0.3 is 5.32 Å². The third-order valence-electron chi connectivity index (χ3n) is 5.10. The van der Waals surface area contributed by atoms with Gasteiger partial charge >= 0.3 is 0 Å². The molecule has 0 atom stereocenters. The van der Waals surface area contributed by atoms with Crippen LogP contribution >= 0.6 is 11.6 Å². The van der Waals surface area contributed by atoms with Gasteiger partial charge in [-0.15, -0.1) is 0 Å². The summed E-state index contributed by atoms with van der Waals surface area (Å²) in [5.41, 5.74) is 1.75. The Morgan fingerprint density at radius 2 is 1.64 bits per heavy atom. The van der Waals surface area contributed by atoms with Crippen LogP contribution in [0.5, 0.6) is 0 Å². The van der Waals surface area contributed by atoms with Gasteiger partial charge in [0.1, 0.15) is 6.54 Å². The smallest absolute Gasteiger partial charge is 0.294 e. The van der Waals surface area contributed by atoms with Crippen LogP contribution in [0.15, 0.2) is 83.7 Å². The van der Waals surface area contributed by atoms with E-state index in [9.17, 15) is 14.4 Å². The van der Waals surface area contributed by atoms with Gasteiger partial charge in [-0.3, -0.25) is 23.9 Å². The fraction of sp³-hybridized carbons (Fsp3) is 0.120. The quantitative estimate of drug-likeness (QED) is 0.466. The summed E-state index contributed by atoms with van der Waals surface area (Å²) in [5.74, 6) is -0.786. The van der Waals surface area contributed by atoms with E-state index in [1.807, 2.05) is 30.3 Å². The monoisotopic (exact) mass is 460 g/mol. The topological polar surface area (TPSA) is 84.3 Å². The number of aromatic nitrogens is 2. The molecule has 33 heavy (non-hydrogen) atoms. The Hall–Kier alpha value is -3.97. The zero-order valence-corrected chi connectivity index (χ0v) is 18.6. The van der Waals surface area contributed by atoms with Crippen LogP contribution in [-0.4, -0.2) is 21.4 Å². The molecule has 8 heteroatoms. The first-order valence-corrected chi connectivity index (χ1v) is 10.7. The van der Waals surface area contributed by atoms with E-state index >= 15 is 0 Å². The van der Waals surface area contributed by atoms with Gasteiger partial charge in [-0.2, -0.15) is 0 Å². The molecule has 3 aromatic carbocycles. The van der Waals surface area contributed by atoms with Crippen LogP contribution in [0.3, 0.4) is 0 Å². The first kappa shape index (κ1) is 22.2. The Bertz CT molecular complexity index is 1390. The Balaban J connectivity index is 1.75. The third-order valence-corrected chi connectivity index (χ3v) is 5.43. The third kappa shape index (κ3) is 4.94. The number of nitrogens with zero attached hydrogens (tertiary/aromatic N) is 3. The van der Waals surface area contributed by atoms with Gasteiger partial charge in [0.05, 0.1) is 28.3 Å². The first-order chi connectivity index (χ1) is 15.9. The Kier molecular flexibility index (Phi) is 6.51. The van der Waals surface area contributed by atoms with Crippen molar-refractivity contribution in [1.82, 2.24) is 9.55 Å². The van der Waals surface area contributed by atoms with Crippen molar-refractivity contribution in [2.75, 3.05) is 10.2 Å². The lowest BCUT2D eigenvalue weighted by Crippen LogP contribution is -2.38. The molecule has 4 rings (SSSR count). The SMILES string of the molecule is CC(=O)N(Cc1ccccc1)c1nc2ccccc2n(CC(=O)Nc2ccccc2Cl)c1=O. The fourth-order valence-electron chi connectivity index (χ4n) is 3.51. The average Bonchev–Trinajstić information content (AvgIpc) is 2.81. The molecule has 0 bridgehead atoms. The summed E-state index contributed by atoms with van der Waals surface area (Å²) in [4.78, 5) is 44.6. The van der Waals surface area contributed by atoms with E-state index in [0.29, 0.717) is 21.7 Å². The minimum atomic E-state index is -0.533. The van der Waals surface area contributed by atoms with E-state index in [-0.39, 0.29) is 24.8 Å². The molecule has 1 aromatic heterocycles. The number of hydrogen-bond donors (Lipinski definition) is 1. The van der Waals surface area contributed by atoms with Crippen molar-refractivity contribution in [3.8, 4) is 0 Å². The largest absolute Gasteiger partial charge is 0.323 e. The predicted octanol–water partition coefficient (Wildman–Crippen LogP) is 4.24. The highest BCUT2D eigenvalue weighted by atomic mass is 35.5. The van der Waals surface area contributed by atoms with Crippen LogP contribution in [0.1, 0.15) is 12.5 Å². The Morgan fingerprint density at radius 3 is 2.36 bits per heavy atom. The molecule has 1 N–H and O–H groups in total. The van der Waals surface area contributed by atoms with E-state index in [1.54, 1.807) is 48.5 Å². The number of benzene rings is 3. The zero-order chi connectivity index (χ0) is 23.4. The maximum absolute atomic E-state index is 13.5. The molecule has 2 amide bonds. The maximum atomic E-state index is 13.5. The van der Waals surface area contributed by atoms with Gasteiger partial charge in [0.2, 0.25) is 17.6 Å². The number of halogens is 1. The second kappa shape index (κ2) is 9.67. The normalized spacial score (nSPS) is 10.7. The molecular weight excluding hydrogens is 440 g/mol. The minimum Gasteiger partial charge on any atom is -0.323 e. The van der Waals surface area contributed by atoms with E-state index in [0.717, 1.165) is 5.56 Å². The summed E-state index contributed by atoms with van der Waals surface area (Å²) in [6.45, 7) is 1.30. The van der Waals surface area contributed by atoms with Crippen LogP contribution in [0.4, 0.5) is 11.5 Å². The highest BCUT2D eigenvalue weighted by Crippen LogP contribution is 2.21. The molecule has 0 unspecified atom stereocenters. The predicted molar refractivity (Wildman–Crippen MR) is 129 cm³/mol. The lowest BCUT2D eigenvalue weighted by atomic mass is 10.2. The molecular formula is C25H21ClN4O3. The Morgan fingerprint density at radius 1 is 0.970 bits per heavy atom. The molecule has 4 aromatic rings. The van der Waals surface area contributed by atoms with Crippen LogP contribution in [-0.2, 0) is 22.7 Å². The molecule has 0 aliphatic heterocycles. The summed E-state index contributed by atoms with van der Waals surface area (Å²) in [5, 5.41) is 3.12. The minimum absolute atomic E-state index is 0.0319. The number of nitrogens with one attached hydrogen (secondary N) is 1. The fourth-order valence-corrected chi connectivity index (χ4v) is 3.69. The number of anilines is 2. The second-order valence-corrected chi connectivity index (χ2v) is 7.84. The molecule has 0 spiro atoms. The number of carbonyl (C=O) groups is 2. The summed E-state index contributed by atoms with van der Waals surface area (Å²) in [6.07, 6.45) is 0. The number of rotatable bonds is 6.